The van der Waals surface area contributed by atoms with Gasteiger partial charge in [0.25, 0.3) is 11.8 Å². The van der Waals surface area contributed by atoms with Gasteiger partial charge in [0, 0.05) is 5.56 Å². The Balaban J connectivity index is 1.85. The average Bonchev–Trinajstić information content (AvgIpc) is 2.73. The Morgan fingerprint density at radius 1 is 0.857 bits per heavy atom. The van der Waals surface area contributed by atoms with E-state index in [0.29, 0.717) is 22.6 Å². The van der Waals surface area contributed by atoms with Crippen LogP contribution in [0.5, 0.6) is 5.75 Å². The summed E-state index contributed by atoms with van der Waals surface area (Å²) in [5.74, 6) is -0.118. The van der Waals surface area contributed by atoms with Crippen molar-refractivity contribution in [1.29, 1.82) is 0 Å². The second-order valence-corrected chi connectivity index (χ2v) is 6.37. The number of anilines is 1. The molecule has 0 fully saturated rings. The van der Waals surface area contributed by atoms with Crippen molar-refractivity contribution < 1.29 is 14.3 Å². The predicted octanol–water partition coefficient (Wildman–Crippen LogP) is 4.11. The molecule has 0 heterocycles. The summed E-state index contributed by atoms with van der Waals surface area (Å²) in [4.78, 5) is 25.7. The highest BCUT2D eigenvalue weighted by Crippen LogP contribution is 2.25. The maximum Gasteiger partial charge on any atom is 0.252 e. The molecule has 3 aromatic carbocycles. The van der Waals surface area contributed by atoms with E-state index >= 15 is 0 Å². The van der Waals surface area contributed by atoms with Gasteiger partial charge in [0.1, 0.15) is 11.8 Å². The van der Waals surface area contributed by atoms with Crippen LogP contribution >= 0.6 is 0 Å². The van der Waals surface area contributed by atoms with E-state index in [9.17, 15) is 9.59 Å². The summed E-state index contributed by atoms with van der Waals surface area (Å²) in [6.45, 7) is 1.95. The van der Waals surface area contributed by atoms with Crippen molar-refractivity contribution in [2.45, 2.75) is 13.0 Å². The maximum absolute atomic E-state index is 13.0. The Labute approximate surface area is 164 Å². The van der Waals surface area contributed by atoms with Crippen LogP contribution in [-0.2, 0) is 4.79 Å². The van der Waals surface area contributed by atoms with E-state index in [4.69, 9.17) is 4.74 Å². The van der Waals surface area contributed by atoms with Crippen molar-refractivity contribution in [3.05, 3.63) is 95.6 Å². The molecule has 0 aromatic heterocycles. The number of carbonyl (C=O) groups excluding carboxylic acids is 2. The number of hydrogen-bond acceptors (Lipinski definition) is 3. The number of rotatable bonds is 6. The quantitative estimate of drug-likeness (QED) is 0.682. The fraction of sp³-hybridized carbons (Fsp3) is 0.130. The number of para-hydroxylation sites is 2. The first-order chi connectivity index (χ1) is 13.6. The lowest BCUT2D eigenvalue weighted by molar-refractivity contribution is -0.118. The topological polar surface area (TPSA) is 67.4 Å². The number of hydrogen-bond donors (Lipinski definition) is 2. The molecule has 5 nitrogen and oxygen atoms in total. The molecule has 1 atom stereocenters. The first-order valence-corrected chi connectivity index (χ1v) is 8.95. The Morgan fingerprint density at radius 3 is 2.18 bits per heavy atom. The summed E-state index contributed by atoms with van der Waals surface area (Å²) in [6, 6.07) is 22.6. The SMILES string of the molecule is COc1ccccc1NC(=O)[C@@H](NC(=O)c1ccc(C)cc1)c1ccccc1. The van der Waals surface area contributed by atoms with Crippen molar-refractivity contribution in [1.82, 2.24) is 5.32 Å². The summed E-state index contributed by atoms with van der Waals surface area (Å²) in [5, 5.41) is 5.68. The van der Waals surface area contributed by atoms with Crippen LogP contribution in [0.2, 0.25) is 0 Å². The first-order valence-electron chi connectivity index (χ1n) is 8.95. The lowest BCUT2D eigenvalue weighted by Gasteiger charge is -2.20. The van der Waals surface area contributed by atoms with Gasteiger partial charge < -0.3 is 15.4 Å². The van der Waals surface area contributed by atoms with Crippen LogP contribution in [0, 0.1) is 6.92 Å². The van der Waals surface area contributed by atoms with Gasteiger partial charge in [0.15, 0.2) is 0 Å². The van der Waals surface area contributed by atoms with Crippen LogP contribution in [-0.4, -0.2) is 18.9 Å². The second kappa shape index (κ2) is 8.86. The van der Waals surface area contributed by atoms with Gasteiger partial charge in [0.2, 0.25) is 0 Å². The number of amides is 2. The second-order valence-electron chi connectivity index (χ2n) is 6.37. The minimum Gasteiger partial charge on any atom is -0.495 e. The third-order valence-electron chi connectivity index (χ3n) is 4.35. The Bertz CT molecular complexity index is 953. The van der Waals surface area contributed by atoms with E-state index in [1.807, 2.05) is 55.5 Å². The van der Waals surface area contributed by atoms with Gasteiger partial charge in [-0.25, -0.2) is 0 Å². The Morgan fingerprint density at radius 2 is 1.50 bits per heavy atom. The molecular formula is C23H22N2O3. The Kier molecular flexibility index (Phi) is 6.07. The molecule has 142 valence electrons. The molecule has 28 heavy (non-hydrogen) atoms. The minimum absolute atomic E-state index is 0.316. The molecule has 0 radical (unpaired) electrons. The van der Waals surface area contributed by atoms with Crippen LogP contribution in [0.1, 0.15) is 27.5 Å². The molecule has 0 bridgehead atoms. The van der Waals surface area contributed by atoms with E-state index in [0.717, 1.165) is 5.56 Å². The molecular weight excluding hydrogens is 352 g/mol. The Hall–Kier alpha value is -3.60. The van der Waals surface area contributed by atoms with Crippen molar-refractivity contribution in [2.75, 3.05) is 12.4 Å². The number of benzene rings is 3. The highest BCUT2D eigenvalue weighted by Gasteiger charge is 2.24. The van der Waals surface area contributed by atoms with Gasteiger partial charge >= 0.3 is 0 Å². The van der Waals surface area contributed by atoms with E-state index in [-0.39, 0.29) is 11.8 Å². The smallest absolute Gasteiger partial charge is 0.252 e. The van der Waals surface area contributed by atoms with Crippen molar-refractivity contribution in [3.8, 4) is 5.75 Å². The number of nitrogens with one attached hydrogen (secondary N) is 2. The summed E-state index contributed by atoms with van der Waals surface area (Å²) < 4.78 is 5.29. The average molecular weight is 374 g/mol. The zero-order valence-corrected chi connectivity index (χ0v) is 15.8. The lowest BCUT2D eigenvalue weighted by Crippen LogP contribution is -2.37. The van der Waals surface area contributed by atoms with E-state index in [2.05, 4.69) is 10.6 Å². The minimum atomic E-state index is -0.847. The summed E-state index contributed by atoms with van der Waals surface area (Å²) in [7, 11) is 1.54. The van der Waals surface area contributed by atoms with Gasteiger partial charge in [-0.1, -0.05) is 60.2 Å². The fourth-order valence-electron chi connectivity index (χ4n) is 2.82. The van der Waals surface area contributed by atoms with Gasteiger partial charge in [-0.15, -0.1) is 0 Å². The van der Waals surface area contributed by atoms with Crippen molar-refractivity contribution in [3.63, 3.8) is 0 Å². The van der Waals surface area contributed by atoms with Crippen molar-refractivity contribution in [2.24, 2.45) is 0 Å². The molecule has 0 spiro atoms. The molecule has 2 amide bonds. The third-order valence-corrected chi connectivity index (χ3v) is 4.35. The predicted molar refractivity (Wildman–Crippen MR) is 109 cm³/mol. The highest BCUT2D eigenvalue weighted by molar-refractivity contribution is 6.02. The van der Waals surface area contributed by atoms with Crippen LogP contribution in [0.25, 0.3) is 0 Å². The summed E-state index contributed by atoms with van der Waals surface area (Å²) in [6.07, 6.45) is 0. The molecule has 0 unspecified atom stereocenters. The van der Waals surface area contributed by atoms with Gasteiger partial charge in [-0.2, -0.15) is 0 Å². The number of methoxy groups -OCH3 is 1. The number of carbonyl (C=O) groups is 2. The van der Waals surface area contributed by atoms with E-state index in [1.165, 1.54) is 0 Å². The number of aryl methyl sites for hydroxylation is 1. The van der Waals surface area contributed by atoms with Gasteiger partial charge in [0.05, 0.1) is 12.8 Å². The van der Waals surface area contributed by atoms with Gasteiger partial charge in [-0.3, -0.25) is 9.59 Å². The van der Waals surface area contributed by atoms with Crippen LogP contribution in [0.3, 0.4) is 0 Å². The summed E-state index contributed by atoms with van der Waals surface area (Å²) >= 11 is 0. The standard InChI is InChI=1S/C23H22N2O3/c1-16-12-14-18(15-13-16)22(26)25-21(17-8-4-3-5-9-17)23(27)24-19-10-6-7-11-20(19)28-2/h3-15,21H,1-2H3,(H,24,27)(H,25,26)/t21-/m0/s1. The summed E-state index contributed by atoms with van der Waals surface area (Å²) in [5.41, 5.74) is 2.79. The zero-order chi connectivity index (χ0) is 19.9. The highest BCUT2D eigenvalue weighted by atomic mass is 16.5. The van der Waals surface area contributed by atoms with E-state index in [1.54, 1.807) is 37.4 Å². The third kappa shape index (κ3) is 4.57. The van der Waals surface area contributed by atoms with E-state index < -0.39 is 6.04 Å². The van der Waals surface area contributed by atoms with Crippen molar-refractivity contribution >= 4 is 17.5 Å². The lowest BCUT2D eigenvalue weighted by atomic mass is 10.0. The molecule has 3 aromatic rings. The molecule has 0 aliphatic rings. The molecule has 0 saturated carbocycles. The monoisotopic (exact) mass is 374 g/mol. The molecule has 2 N–H and O–H groups in total. The molecule has 3 rings (SSSR count). The molecule has 0 saturated heterocycles. The molecule has 5 heteroatoms. The zero-order valence-electron chi connectivity index (χ0n) is 15.8. The van der Waals surface area contributed by atoms with Gasteiger partial charge in [-0.05, 0) is 36.8 Å². The molecule has 0 aliphatic carbocycles. The largest absolute Gasteiger partial charge is 0.495 e. The van der Waals surface area contributed by atoms with Crippen LogP contribution in [0.4, 0.5) is 5.69 Å². The van der Waals surface area contributed by atoms with Crippen LogP contribution in [0.15, 0.2) is 78.9 Å². The normalized spacial score (nSPS) is 11.4. The maximum atomic E-state index is 13.0. The first kappa shape index (κ1) is 19.2. The van der Waals surface area contributed by atoms with Crippen LogP contribution < -0.4 is 15.4 Å². The molecule has 0 aliphatic heterocycles. The number of ether oxygens (including phenoxy) is 1. The fourth-order valence-corrected chi connectivity index (χ4v) is 2.82.